The van der Waals surface area contributed by atoms with Gasteiger partial charge in [-0.3, -0.25) is 0 Å². The Morgan fingerprint density at radius 3 is 2.41 bits per heavy atom. The van der Waals surface area contributed by atoms with Gasteiger partial charge in [0.25, 0.3) is 6.43 Å². The zero-order chi connectivity index (χ0) is 12.5. The van der Waals surface area contributed by atoms with Gasteiger partial charge in [-0.25, -0.2) is 8.78 Å². The Hall–Kier alpha value is -1.16. The van der Waals surface area contributed by atoms with Crippen molar-refractivity contribution in [2.45, 2.75) is 44.1 Å². The van der Waals surface area contributed by atoms with Crippen LogP contribution in [0.2, 0.25) is 0 Å². The van der Waals surface area contributed by atoms with Crippen LogP contribution in [0.15, 0.2) is 18.2 Å². The van der Waals surface area contributed by atoms with Crippen LogP contribution in [0.3, 0.4) is 0 Å². The minimum Gasteiger partial charge on any atom is -0.507 e. The van der Waals surface area contributed by atoms with Gasteiger partial charge in [0.05, 0.1) is 5.56 Å². The van der Waals surface area contributed by atoms with Gasteiger partial charge < -0.3 is 10.8 Å². The van der Waals surface area contributed by atoms with Gasteiger partial charge in [-0.2, -0.15) is 0 Å². The van der Waals surface area contributed by atoms with Crippen LogP contribution in [0.4, 0.5) is 8.78 Å². The number of alkyl halides is 2. The van der Waals surface area contributed by atoms with E-state index in [-0.39, 0.29) is 11.3 Å². The third-order valence-corrected chi connectivity index (χ3v) is 3.58. The number of benzene rings is 1. The highest BCUT2D eigenvalue weighted by Gasteiger charge is 2.30. The summed E-state index contributed by atoms with van der Waals surface area (Å²) >= 11 is 0. The quantitative estimate of drug-likeness (QED) is 0.833. The third-order valence-electron chi connectivity index (χ3n) is 3.58. The van der Waals surface area contributed by atoms with Crippen LogP contribution >= 0.6 is 0 Å². The number of nitrogens with two attached hydrogens (primary N) is 1. The van der Waals surface area contributed by atoms with Crippen molar-refractivity contribution < 1.29 is 13.9 Å². The fraction of sp³-hybridized carbons (Fsp3) is 0.538. The number of hydrogen-bond donors (Lipinski definition) is 2. The highest BCUT2D eigenvalue weighted by molar-refractivity contribution is 5.39. The molecule has 0 saturated heterocycles. The molecule has 1 aliphatic carbocycles. The summed E-state index contributed by atoms with van der Waals surface area (Å²) < 4.78 is 25.4. The van der Waals surface area contributed by atoms with E-state index in [2.05, 4.69) is 0 Å². The highest BCUT2D eigenvalue weighted by atomic mass is 19.3. The molecular formula is C13H17F2NO. The van der Waals surface area contributed by atoms with Gasteiger partial charge in [-0.15, -0.1) is 0 Å². The number of phenols is 1. The predicted molar refractivity (Wildman–Crippen MR) is 62.0 cm³/mol. The van der Waals surface area contributed by atoms with E-state index in [4.69, 9.17) is 5.73 Å². The smallest absolute Gasteiger partial charge is 0.267 e. The van der Waals surface area contributed by atoms with E-state index in [1.165, 1.54) is 12.1 Å². The lowest BCUT2D eigenvalue weighted by Gasteiger charge is -2.34. The summed E-state index contributed by atoms with van der Waals surface area (Å²) in [5.74, 6) is -0.358. The van der Waals surface area contributed by atoms with Crippen LogP contribution in [0.1, 0.15) is 49.7 Å². The van der Waals surface area contributed by atoms with Gasteiger partial charge in [-0.1, -0.05) is 25.3 Å². The molecule has 17 heavy (non-hydrogen) atoms. The summed E-state index contributed by atoms with van der Waals surface area (Å²) in [6.07, 6.45) is 2.18. The molecule has 1 aromatic carbocycles. The Morgan fingerprint density at radius 2 is 1.82 bits per heavy atom. The maximum absolute atomic E-state index is 12.7. The molecule has 1 aromatic rings. The van der Waals surface area contributed by atoms with Crippen molar-refractivity contribution >= 4 is 0 Å². The standard InChI is InChI=1S/C13H17F2NO/c14-12(15)10-8-9(4-5-11(10)17)13(16)6-2-1-3-7-13/h4-5,8,12,17H,1-3,6-7,16H2. The van der Waals surface area contributed by atoms with Gasteiger partial charge >= 0.3 is 0 Å². The first-order chi connectivity index (χ1) is 8.03. The Morgan fingerprint density at radius 1 is 1.18 bits per heavy atom. The maximum atomic E-state index is 12.7. The van der Waals surface area contributed by atoms with Crippen LogP contribution in [-0.4, -0.2) is 5.11 Å². The Balaban J connectivity index is 2.35. The topological polar surface area (TPSA) is 46.2 Å². The van der Waals surface area contributed by atoms with Gasteiger partial charge in [0.1, 0.15) is 5.75 Å². The normalized spacial score (nSPS) is 19.5. The molecule has 0 aliphatic heterocycles. The summed E-state index contributed by atoms with van der Waals surface area (Å²) in [4.78, 5) is 0. The second-order valence-corrected chi connectivity index (χ2v) is 4.79. The van der Waals surface area contributed by atoms with Crippen LogP contribution in [0.25, 0.3) is 0 Å². The molecule has 0 spiro atoms. The number of halogens is 2. The highest BCUT2D eigenvalue weighted by Crippen LogP contribution is 2.38. The van der Waals surface area contributed by atoms with Crippen molar-refractivity contribution in [3.8, 4) is 5.75 Å². The summed E-state index contributed by atoms with van der Waals surface area (Å²) in [5, 5.41) is 9.37. The molecule has 2 nitrogen and oxygen atoms in total. The summed E-state index contributed by atoms with van der Waals surface area (Å²) in [5.41, 5.74) is 6.16. The molecule has 1 aliphatic rings. The molecule has 1 fully saturated rings. The van der Waals surface area contributed by atoms with Crippen LogP contribution in [0.5, 0.6) is 5.75 Å². The largest absolute Gasteiger partial charge is 0.507 e. The van der Waals surface area contributed by atoms with E-state index in [1.807, 2.05) is 0 Å². The molecule has 1 saturated carbocycles. The SMILES string of the molecule is NC1(c2ccc(O)c(C(F)F)c2)CCCCC1. The van der Waals surface area contributed by atoms with Crippen molar-refractivity contribution in [1.82, 2.24) is 0 Å². The zero-order valence-corrected chi connectivity index (χ0v) is 9.63. The molecule has 0 heterocycles. The summed E-state index contributed by atoms with van der Waals surface area (Å²) in [6.45, 7) is 0. The fourth-order valence-corrected chi connectivity index (χ4v) is 2.51. The van der Waals surface area contributed by atoms with Crippen molar-refractivity contribution in [3.63, 3.8) is 0 Å². The number of phenolic OH excluding ortho intramolecular Hbond substituents is 1. The van der Waals surface area contributed by atoms with Gasteiger partial charge in [-0.05, 0) is 30.5 Å². The summed E-state index contributed by atoms with van der Waals surface area (Å²) in [7, 11) is 0. The molecule has 0 bridgehead atoms. The average Bonchev–Trinajstić information content (AvgIpc) is 2.30. The number of aromatic hydroxyl groups is 1. The predicted octanol–water partition coefficient (Wildman–Crippen LogP) is 3.45. The Bertz CT molecular complexity index is 400. The second-order valence-electron chi connectivity index (χ2n) is 4.79. The van der Waals surface area contributed by atoms with Crippen molar-refractivity contribution in [2.24, 2.45) is 5.73 Å². The van der Waals surface area contributed by atoms with Gasteiger partial charge in [0.2, 0.25) is 0 Å². The lowest BCUT2D eigenvalue weighted by molar-refractivity contribution is 0.147. The second kappa shape index (κ2) is 4.61. The average molecular weight is 241 g/mol. The van der Waals surface area contributed by atoms with Gasteiger partial charge in [0, 0.05) is 5.54 Å². The zero-order valence-electron chi connectivity index (χ0n) is 9.63. The first-order valence-corrected chi connectivity index (χ1v) is 5.93. The van der Waals surface area contributed by atoms with E-state index in [9.17, 15) is 13.9 Å². The molecule has 0 amide bonds. The molecule has 4 heteroatoms. The minimum atomic E-state index is -2.66. The monoisotopic (exact) mass is 241 g/mol. The molecule has 94 valence electrons. The molecule has 0 radical (unpaired) electrons. The van der Waals surface area contributed by atoms with Crippen LogP contribution in [0, 0.1) is 0 Å². The Labute approximate surface area is 99.4 Å². The first kappa shape index (κ1) is 12.3. The van der Waals surface area contributed by atoms with E-state index >= 15 is 0 Å². The van der Waals surface area contributed by atoms with Crippen molar-refractivity contribution in [1.29, 1.82) is 0 Å². The molecule has 2 rings (SSSR count). The first-order valence-electron chi connectivity index (χ1n) is 5.93. The van der Waals surface area contributed by atoms with Crippen LogP contribution in [-0.2, 0) is 5.54 Å². The molecule has 0 atom stereocenters. The number of hydrogen-bond acceptors (Lipinski definition) is 2. The Kier molecular flexibility index (Phi) is 3.33. The number of rotatable bonds is 2. The molecular weight excluding hydrogens is 224 g/mol. The molecule has 0 aromatic heterocycles. The minimum absolute atomic E-state index is 0.321. The van der Waals surface area contributed by atoms with Crippen LogP contribution < -0.4 is 5.73 Å². The van der Waals surface area contributed by atoms with E-state index in [1.54, 1.807) is 6.07 Å². The van der Waals surface area contributed by atoms with E-state index < -0.39 is 12.0 Å². The molecule has 3 N–H and O–H groups in total. The van der Waals surface area contributed by atoms with Gasteiger partial charge in [0.15, 0.2) is 0 Å². The fourth-order valence-electron chi connectivity index (χ4n) is 2.51. The summed E-state index contributed by atoms with van der Waals surface area (Å²) in [6, 6.07) is 4.33. The van der Waals surface area contributed by atoms with Crippen molar-refractivity contribution in [2.75, 3.05) is 0 Å². The maximum Gasteiger partial charge on any atom is 0.267 e. The third kappa shape index (κ3) is 2.41. The molecule has 0 unspecified atom stereocenters. The van der Waals surface area contributed by atoms with Crippen molar-refractivity contribution in [3.05, 3.63) is 29.3 Å². The van der Waals surface area contributed by atoms with E-state index in [0.717, 1.165) is 32.1 Å². The lowest BCUT2D eigenvalue weighted by Crippen LogP contribution is -2.38. The van der Waals surface area contributed by atoms with E-state index in [0.29, 0.717) is 5.56 Å². The lowest BCUT2D eigenvalue weighted by atomic mass is 9.77.